The summed E-state index contributed by atoms with van der Waals surface area (Å²) in [6.45, 7) is 5.84. The first-order valence-corrected chi connectivity index (χ1v) is 4.36. The number of hydrogen-bond acceptors (Lipinski definition) is 3. The van der Waals surface area contributed by atoms with Gasteiger partial charge in [0.25, 0.3) is 0 Å². The predicted molar refractivity (Wildman–Crippen MR) is 52.9 cm³/mol. The first kappa shape index (κ1) is 11.6. The Morgan fingerprint density at radius 2 is 2.08 bits per heavy atom. The molecule has 0 amide bonds. The Morgan fingerprint density at radius 3 is 2.54 bits per heavy atom. The van der Waals surface area contributed by atoms with Gasteiger partial charge in [0.05, 0.1) is 5.69 Å². The van der Waals surface area contributed by atoms with Gasteiger partial charge in [-0.3, -0.25) is 0 Å². The lowest BCUT2D eigenvalue weighted by atomic mass is 10.2. The number of rotatable bonds is 1. The van der Waals surface area contributed by atoms with Crippen molar-refractivity contribution in [1.29, 1.82) is 5.26 Å². The molecule has 0 spiro atoms. The van der Waals surface area contributed by atoms with E-state index >= 15 is 0 Å². The summed E-state index contributed by atoms with van der Waals surface area (Å²) in [7, 11) is 0. The second kappa shape index (κ2) is 6.15. The van der Waals surface area contributed by atoms with E-state index < -0.39 is 0 Å². The number of nitriles is 1. The maximum absolute atomic E-state index is 8.49. The predicted octanol–water partition coefficient (Wildman–Crippen LogP) is 2.00. The molecule has 0 saturated heterocycles. The first-order chi connectivity index (χ1) is 6.24. The molecule has 0 aromatic carbocycles. The van der Waals surface area contributed by atoms with Gasteiger partial charge in [0, 0.05) is 6.04 Å². The molecule has 0 saturated carbocycles. The highest BCUT2D eigenvalue weighted by molar-refractivity contribution is 5.23. The summed E-state index contributed by atoms with van der Waals surface area (Å²) in [6.07, 6.45) is 0. The maximum atomic E-state index is 8.49. The zero-order valence-electron chi connectivity index (χ0n) is 8.28. The van der Waals surface area contributed by atoms with Crippen LogP contribution in [0.3, 0.4) is 0 Å². The Kier molecular flexibility index (Phi) is 5.49. The summed E-state index contributed by atoms with van der Waals surface area (Å²) in [6, 6.07) is 7.10. The fourth-order valence-corrected chi connectivity index (χ4v) is 0.767. The van der Waals surface area contributed by atoms with Gasteiger partial charge in [-0.05, 0) is 19.1 Å². The third-order valence-electron chi connectivity index (χ3n) is 1.35. The molecule has 0 radical (unpaired) electrons. The Hall–Kier alpha value is -1.40. The SMILES string of the molecule is CC.CC(N)c1cccc(C#N)n1. The van der Waals surface area contributed by atoms with Gasteiger partial charge in [-0.25, -0.2) is 4.98 Å². The third-order valence-corrected chi connectivity index (χ3v) is 1.35. The van der Waals surface area contributed by atoms with E-state index in [1.165, 1.54) is 0 Å². The lowest BCUT2D eigenvalue weighted by Crippen LogP contribution is -2.07. The molecule has 0 bridgehead atoms. The summed E-state index contributed by atoms with van der Waals surface area (Å²) in [5.41, 5.74) is 6.74. The molecule has 1 aromatic rings. The normalized spacial score (nSPS) is 10.7. The van der Waals surface area contributed by atoms with E-state index in [2.05, 4.69) is 4.98 Å². The summed E-state index contributed by atoms with van der Waals surface area (Å²) in [5.74, 6) is 0. The van der Waals surface area contributed by atoms with Gasteiger partial charge < -0.3 is 5.73 Å². The lowest BCUT2D eigenvalue weighted by molar-refractivity contribution is 0.779. The van der Waals surface area contributed by atoms with Crippen LogP contribution in [0.2, 0.25) is 0 Å². The first-order valence-electron chi connectivity index (χ1n) is 4.36. The monoisotopic (exact) mass is 177 g/mol. The molecule has 1 heterocycles. The quantitative estimate of drug-likeness (QED) is 0.713. The van der Waals surface area contributed by atoms with Crippen molar-refractivity contribution < 1.29 is 0 Å². The highest BCUT2D eigenvalue weighted by atomic mass is 14.8. The third kappa shape index (κ3) is 3.68. The Labute approximate surface area is 79.2 Å². The van der Waals surface area contributed by atoms with Gasteiger partial charge in [-0.1, -0.05) is 19.9 Å². The molecule has 3 heteroatoms. The van der Waals surface area contributed by atoms with Crippen LogP contribution in [0.25, 0.3) is 0 Å². The van der Waals surface area contributed by atoms with Crippen LogP contribution in [-0.4, -0.2) is 4.98 Å². The zero-order valence-corrected chi connectivity index (χ0v) is 8.28. The van der Waals surface area contributed by atoms with Crippen molar-refractivity contribution in [3.05, 3.63) is 29.6 Å². The van der Waals surface area contributed by atoms with Crippen LogP contribution in [0.4, 0.5) is 0 Å². The fourth-order valence-electron chi connectivity index (χ4n) is 0.767. The lowest BCUT2D eigenvalue weighted by Gasteiger charge is -2.02. The van der Waals surface area contributed by atoms with Crippen molar-refractivity contribution >= 4 is 0 Å². The summed E-state index contributed by atoms with van der Waals surface area (Å²) < 4.78 is 0. The van der Waals surface area contributed by atoms with E-state index in [0.717, 1.165) is 5.69 Å². The van der Waals surface area contributed by atoms with Crippen molar-refractivity contribution in [2.45, 2.75) is 26.8 Å². The van der Waals surface area contributed by atoms with Gasteiger partial charge in [-0.2, -0.15) is 5.26 Å². The standard InChI is InChI=1S/C8H9N3.C2H6/c1-6(10)8-4-2-3-7(5-9)11-8;1-2/h2-4,6H,10H2,1H3;1-2H3. The van der Waals surface area contributed by atoms with Gasteiger partial charge in [-0.15, -0.1) is 0 Å². The minimum absolute atomic E-state index is 0.108. The van der Waals surface area contributed by atoms with E-state index in [4.69, 9.17) is 11.0 Å². The molecule has 0 aliphatic rings. The van der Waals surface area contributed by atoms with E-state index in [-0.39, 0.29) is 6.04 Å². The number of aromatic nitrogens is 1. The summed E-state index contributed by atoms with van der Waals surface area (Å²) >= 11 is 0. The second-order valence-electron chi connectivity index (χ2n) is 2.35. The van der Waals surface area contributed by atoms with Crippen molar-refractivity contribution in [3.63, 3.8) is 0 Å². The largest absolute Gasteiger partial charge is 0.323 e. The van der Waals surface area contributed by atoms with Crippen molar-refractivity contribution in [2.24, 2.45) is 5.73 Å². The molecule has 1 rings (SSSR count). The number of nitrogens with two attached hydrogens (primary N) is 1. The molecule has 2 N–H and O–H groups in total. The molecule has 3 nitrogen and oxygen atoms in total. The molecule has 1 aromatic heterocycles. The van der Waals surface area contributed by atoms with E-state index in [9.17, 15) is 0 Å². The van der Waals surface area contributed by atoms with E-state index in [1.807, 2.05) is 32.9 Å². The fraction of sp³-hybridized carbons (Fsp3) is 0.400. The average molecular weight is 177 g/mol. The number of hydrogen-bond donors (Lipinski definition) is 1. The van der Waals surface area contributed by atoms with Crippen molar-refractivity contribution in [1.82, 2.24) is 4.98 Å². The Morgan fingerprint density at radius 1 is 1.46 bits per heavy atom. The summed E-state index contributed by atoms with van der Waals surface area (Å²) in [4.78, 5) is 4.00. The topological polar surface area (TPSA) is 62.7 Å². The molecule has 0 aliphatic carbocycles. The van der Waals surface area contributed by atoms with Crippen molar-refractivity contribution in [2.75, 3.05) is 0 Å². The summed E-state index contributed by atoms with van der Waals surface area (Å²) in [5, 5.41) is 8.49. The average Bonchev–Trinajstić information content (AvgIpc) is 2.21. The van der Waals surface area contributed by atoms with Crippen LogP contribution in [-0.2, 0) is 0 Å². The molecule has 1 unspecified atom stereocenters. The van der Waals surface area contributed by atoms with Crippen LogP contribution in [0.1, 0.15) is 38.2 Å². The van der Waals surface area contributed by atoms with Gasteiger partial charge in [0.1, 0.15) is 11.8 Å². The highest BCUT2D eigenvalue weighted by Crippen LogP contribution is 2.05. The second-order valence-corrected chi connectivity index (χ2v) is 2.35. The Bertz CT molecular complexity index is 286. The van der Waals surface area contributed by atoms with Gasteiger partial charge in [0.15, 0.2) is 0 Å². The molecular weight excluding hydrogens is 162 g/mol. The zero-order chi connectivity index (χ0) is 10.3. The molecule has 13 heavy (non-hydrogen) atoms. The van der Waals surface area contributed by atoms with Gasteiger partial charge >= 0.3 is 0 Å². The molecule has 0 aliphatic heterocycles. The maximum Gasteiger partial charge on any atom is 0.140 e. The molecule has 1 atom stereocenters. The number of nitrogens with zero attached hydrogens (tertiary/aromatic N) is 2. The van der Waals surface area contributed by atoms with Crippen LogP contribution >= 0.6 is 0 Å². The molecule has 0 fully saturated rings. The van der Waals surface area contributed by atoms with E-state index in [1.54, 1.807) is 12.1 Å². The molecule has 70 valence electrons. The highest BCUT2D eigenvalue weighted by Gasteiger charge is 2.00. The van der Waals surface area contributed by atoms with Crippen LogP contribution in [0.15, 0.2) is 18.2 Å². The number of pyridine rings is 1. The minimum Gasteiger partial charge on any atom is -0.323 e. The van der Waals surface area contributed by atoms with E-state index in [0.29, 0.717) is 5.69 Å². The van der Waals surface area contributed by atoms with Gasteiger partial charge in [0.2, 0.25) is 0 Å². The van der Waals surface area contributed by atoms with Crippen LogP contribution in [0, 0.1) is 11.3 Å². The Balaban J connectivity index is 0.000000671. The molecular formula is C10H15N3. The van der Waals surface area contributed by atoms with Crippen molar-refractivity contribution in [3.8, 4) is 6.07 Å². The smallest absolute Gasteiger partial charge is 0.140 e. The van der Waals surface area contributed by atoms with Crippen LogP contribution < -0.4 is 5.73 Å². The van der Waals surface area contributed by atoms with Crippen LogP contribution in [0.5, 0.6) is 0 Å². The minimum atomic E-state index is -0.108.